The number of nitrogens with zero attached hydrogens (tertiary/aromatic N) is 2. The molecule has 0 saturated heterocycles. The molecule has 0 spiro atoms. The number of hydrogen-bond acceptors (Lipinski definition) is 0. The molecular formula is C72H46F18N2. The molecule has 0 radical (unpaired) electrons. The van der Waals surface area contributed by atoms with Crippen molar-refractivity contribution in [1.29, 1.82) is 0 Å². The van der Waals surface area contributed by atoms with E-state index in [1.165, 1.54) is 106 Å². The molecule has 0 amide bonds. The number of benzene rings is 10. The predicted octanol–water partition coefficient (Wildman–Crippen LogP) is 24.7. The van der Waals surface area contributed by atoms with Crippen LogP contribution >= 0.6 is 0 Å². The minimum atomic E-state index is -5.45. The largest absolute Gasteiger partial charge is 0.417 e. The number of halogens is 18. The van der Waals surface area contributed by atoms with Gasteiger partial charge in [-0.05, 0) is 154 Å². The average molecular weight is 1280 g/mol. The molecule has 2 heterocycles. The maximum atomic E-state index is 15.7. The van der Waals surface area contributed by atoms with E-state index in [-0.39, 0.29) is 99.5 Å². The Hall–Kier alpha value is -9.98. The molecule has 0 N–H and O–H groups in total. The smallest absolute Gasteiger partial charge is 0.309 e. The Balaban J connectivity index is 0.00000149. The van der Waals surface area contributed by atoms with Crippen LogP contribution in [0.4, 0.5) is 79.0 Å². The minimum Gasteiger partial charge on any atom is -0.309 e. The van der Waals surface area contributed by atoms with Gasteiger partial charge in [-0.1, -0.05) is 133 Å². The molecule has 0 atom stereocenters. The topological polar surface area (TPSA) is 9.86 Å². The Bertz CT molecular complexity index is 4260. The maximum absolute atomic E-state index is 15.7. The van der Waals surface area contributed by atoms with Crippen LogP contribution in [0, 0.1) is 0 Å². The van der Waals surface area contributed by atoms with Crippen LogP contribution in [0.1, 0.15) is 47.2 Å². The molecule has 0 unspecified atom stereocenters. The molecule has 2 aromatic heterocycles. The lowest BCUT2D eigenvalue weighted by Gasteiger charge is -2.21. The highest BCUT2D eigenvalue weighted by molar-refractivity contribution is 6.13. The quantitative estimate of drug-likeness (QED) is 0.111. The SMILES string of the molecule is C=CC.C=CC.FC(F)(F)c1ccccc1-c1ccc2c3ccc(-c4ccccc4C(F)(F)F)cc3n(-c3ccc(C(F)(F)F)c(-c4cc(-n5c6cc(-c7ccccc7C(F)(F)F)ccc6c6ccc(-c7ccccc7C(F)(F)F)cc65)ccc4C(F)(F)F)c3)c2c1. The number of alkyl halides is 18. The van der Waals surface area contributed by atoms with Crippen molar-refractivity contribution in [2.45, 2.75) is 50.9 Å². The van der Waals surface area contributed by atoms with Crippen LogP contribution in [0.15, 0.2) is 232 Å². The van der Waals surface area contributed by atoms with Crippen molar-refractivity contribution in [3.8, 4) is 67.0 Å². The summed E-state index contributed by atoms with van der Waals surface area (Å²) in [4.78, 5) is 0. The Morgan fingerprint density at radius 1 is 0.250 bits per heavy atom. The van der Waals surface area contributed by atoms with E-state index in [0.29, 0.717) is 12.1 Å². The van der Waals surface area contributed by atoms with Gasteiger partial charge in [0.2, 0.25) is 0 Å². The molecule has 10 aromatic carbocycles. The van der Waals surface area contributed by atoms with Gasteiger partial charge in [0.05, 0.1) is 55.4 Å². The lowest BCUT2D eigenvalue weighted by atomic mass is 9.93. The molecule has 92 heavy (non-hydrogen) atoms. The lowest BCUT2D eigenvalue weighted by molar-refractivity contribution is -0.139. The van der Waals surface area contributed by atoms with E-state index in [1.54, 1.807) is 12.2 Å². The summed E-state index contributed by atoms with van der Waals surface area (Å²) in [7, 11) is 0. The highest BCUT2D eigenvalue weighted by Gasteiger charge is 2.41. The van der Waals surface area contributed by atoms with Gasteiger partial charge in [-0.25, -0.2) is 0 Å². The second kappa shape index (κ2) is 24.3. The molecule has 0 aliphatic carbocycles. The van der Waals surface area contributed by atoms with E-state index < -0.39 is 81.6 Å². The maximum Gasteiger partial charge on any atom is 0.417 e. The second-order valence-electron chi connectivity index (χ2n) is 21.0. The van der Waals surface area contributed by atoms with Gasteiger partial charge in [0.15, 0.2) is 0 Å². The van der Waals surface area contributed by atoms with E-state index >= 15 is 26.3 Å². The van der Waals surface area contributed by atoms with Gasteiger partial charge >= 0.3 is 37.1 Å². The van der Waals surface area contributed by atoms with Crippen LogP contribution in [0.25, 0.3) is 111 Å². The summed E-state index contributed by atoms with van der Waals surface area (Å²) in [5.41, 5.74) is -12.5. The second-order valence-corrected chi connectivity index (χ2v) is 21.0. The van der Waals surface area contributed by atoms with Crippen molar-refractivity contribution in [1.82, 2.24) is 9.13 Å². The minimum absolute atomic E-state index is 0.0395. The predicted molar refractivity (Wildman–Crippen MR) is 324 cm³/mol. The van der Waals surface area contributed by atoms with E-state index in [4.69, 9.17) is 0 Å². The molecule has 0 aliphatic heterocycles. The third kappa shape index (κ3) is 12.5. The number of hydrogen-bond donors (Lipinski definition) is 0. The number of allylic oxidation sites excluding steroid dienone is 2. The summed E-state index contributed by atoms with van der Waals surface area (Å²) < 4.78 is 271. The van der Waals surface area contributed by atoms with Crippen molar-refractivity contribution < 1.29 is 79.0 Å². The number of rotatable bonds is 7. The number of fused-ring (bicyclic) bond motifs is 6. The van der Waals surface area contributed by atoms with Gasteiger partial charge in [0.25, 0.3) is 0 Å². The molecule has 20 heteroatoms. The van der Waals surface area contributed by atoms with Crippen molar-refractivity contribution >= 4 is 43.6 Å². The first-order chi connectivity index (χ1) is 43.3. The van der Waals surface area contributed by atoms with Crippen molar-refractivity contribution in [2.24, 2.45) is 0 Å². The third-order valence-corrected chi connectivity index (χ3v) is 15.1. The van der Waals surface area contributed by atoms with Crippen molar-refractivity contribution in [3.63, 3.8) is 0 Å². The molecule has 2 nitrogen and oxygen atoms in total. The van der Waals surface area contributed by atoms with Crippen LogP contribution in [0.2, 0.25) is 0 Å². The Morgan fingerprint density at radius 2 is 0.446 bits per heavy atom. The van der Waals surface area contributed by atoms with Crippen LogP contribution in [0.5, 0.6) is 0 Å². The van der Waals surface area contributed by atoms with Gasteiger partial charge in [0, 0.05) is 32.9 Å². The van der Waals surface area contributed by atoms with E-state index in [2.05, 4.69) is 13.2 Å². The van der Waals surface area contributed by atoms with Crippen molar-refractivity contribution in [3.05, 3.63) is 265 Å². The zero-order chi connectivity index (χ0) is 66.6. The molecule has 0 bridgehead atoms. The Labute approximate surface area is 512 Å². The first kappa shape index (κ1) is 65.0. The number of aromatic nitrogens is 2. The Morgan fingerprint density at radius 3 is 0.652 bits per heavy atom. The molecule has 0 fully saturated rings. The summed E-state index contributed by atoms with van der Waals surface area (Å²) in [5, 5.41) is 0.849. The zero-order valence-electron chi connectivity index (χ0n) is 47.9. The van der Waals surface area contributed by atoms with Crippen LogP contribution in [-0.4, -0.2) is 9.13 Å². The monoisotopic (exact) mass is 1280 g/mol. The van der Waals surface area contributed by atoms with Gasteiger partial charge in [-0.2, -0.15) is 79.0 Å². The highest BCUT2D eigenvalue weighted by Crippen LogP contribution is 2.49. The first-order valence-corrected chi connectivity index (χ1v) is 27.7. The third-order valence-electron chi connectivity index (χ3n) is 15.1. The van der Waals surface area contributed by atoms with Gasteiger partial charge < -0.3 is 9.13 Å². The molecule has 12 rings (SSSR count). The summed E-state index contributed by atoms with van der Waals surface area (Å²) in [5.74, 6) is 0. The van der Waals surface area contributed by atoms with Crippen LogP contribution in [-0.2, 0) is 37.1 Å². The highest BCUT2D eigenvalue weighted by atomic mass is 19.4. The van der Waals surface area contributed by atoms with Crippen LogP contribution < -0.4 is 0 Å². The molecule has 12 aromatic rings. The van der Waals surface area contributed by atoms with Crippen LogP contribution in [0.3, 0.4) is 0 Å². The average Bonchev–Trinajstić information content (AvgIpc) is 1.55. The van der Waals surface area contributed by atoms with E-state index in [1.807, 2.05) is 13.8 Å². The lowest BCUT2D eigenvalue weighted by Crippen LogP contribution is -2.12. The van der Waals surface area contributed by atoms with E-state index in [9.17, 15) is 52.7 Å². The van der Waals surface area contributed by atoms with Gasteiger partial charge in [0.1, 0.15) is 0 Å². The summed E-state index contributed by atoms with van der Waals surface area (Å²) in [6.07, 6.45) is -27.0. The summed E-state index contributed by atoms with van der Waals surface area (Å²) in [6, 6.07) is 37.8. The Kier molecular flexibility index (Phi) is 17.2. The molecule has 0 saturated carbocycles. The molecule has 470 valence electrons. The fourth-order valence-corrected chi connectivity index (χ4v) is 11.5. The fourth-order valence-electron chi connectivity index (χ4n) is 11.5. The molecule has 0 aliphatic rings. The summed E-state index contributed by atoms with van der Waals surface area (Å²) >= 11 is 0. The fraction of sp³-hybridized carbons (Fsp3) is 0.111. The zero-order valence-corrected chi connectivity index (χ0v) is 47.9. The van der Waals surface area contributed by atoms with E-state index in [0.717, 1.165) is 97.1 Å². The molecular weight excluding hydrogens is 1230 g/mol. The normalized spacial score (nSPS) is 12.4. The summed E-state index contributed by atoms with van der Waals surface area (Å²) in [6.45, 7) is 10.5. The van der Waals surface area contributed by atoms with Gasteiger partial charge in [-0.15, -0.1) is 13.2 Å². The first-order valence-electron chi connectivity index (χ1n) is 27.7. The standard InChI is InChI=1S/C66H34F18N2.2C3H6/c67-61(68,69)51-13-5-1-9-41(51)35-17-23-45-46-24-18-36(42-10-2-6-14-52(42)62(70,71)72)30-58(46)85(57(45)29-35)39-21-27-55(65(79,80)81)49(33-39)50-34-40(22-28-56(50)66(82,83)84)86-59-31-37(43-11-3-7-15-53(43)63(73,74)75)19-25-47(59)48-26-20-38(32-60(48)86)44-12-4-8-16-54(44)64(76,77)78;2*1-3-2/h1-34H;2*3H,1H2,2H3. The van der Waals surface area contributed by atoms with Crippen molar-refractivity contribution in [2.75, 3.05) is 0 Å². The van der Waals surface area contributed by atoms with Gasteiger partial charge in [-0.3, -0.25) is 0 Å².